The molecule has 5 atom stereocenters. The van der Waals surface area contributed by atoms with E-state index >= 15 is 0 Å². The zero-order chi connectivity index (χ0) is 23.3. The summed E-state index contributed by atoms with van der Waals surface area (Å²) in [6, 6.07) is -2.95. The minimum absolute atomic E-state index is 0.0167. The van der Waals surface area contributed by atoms with Crippen molar-refractivity contribution in [1.82, 2.24) is 15.1 Å². The number of nitrogens with two attached hydrogens (primary N) is 1. The molecule has 176 valence electrons. The monoisotopic (exact) mass is 438 g/mol. The second kappa shape index (κ2) is 10.9. The van der Waals surface area contributed by atoms with Crippen LogP contribution >= 0.6 is 0 Å². The first-order valence-corrected chi connectivity index (χ1v) is 11.5. The minimum atomic E-state index is -1.08. The Hall–Kier alpha value is -2.16. The highest BCUT2D eigenvalue weighted by Crippen LogP contribution is 2.26. The van der Waals surface area contributed by atoms with Gasteiger partial charge < -0.3 is 26.0 Å². The minimum Gasteiger partial charge on any atom is -0.480 e. The molecule has 31 heavy (non-hydrogen) atoms. The van der Waals surface area contributed by atoms with Gasteiger partial charge in [-0.2, -0.15) is 0 Å². The van der Waals surface area contributed by atoms with E-state index < -0.39 is 36.0 Å². The molecule has 0 aromatic carbocycles. The number of nitrogens with zero attached hydrogens (tertiary/aromatic N) is 2. The van der Waals surface area contributed by atoms with E-state index in [0.717, 1.165) is 12.8 Å². The predicted molar refractivity (Wildman–Crippen MR) is 116 cm³/mol. The van der Waals surface area contributed by atoms with Crippen LogP contribution in [0.1, 0.15) is 66.2 Å². The van der Waals surface area contributed by atoms with Crippen molar-refractivity contribution >= 4 is 23.7 Å². The van der Waals surface area contributed by atoms with Crippen molar-refractivity contribution in [2.45, 2.75) is 90.4 Å². The summed E-state index contributed by atoms with van der Waals surface area (Å²) in [5.74, 6) is -1.85. The quantitative estimate of drug-likeness (QED) is 0.491. The van der Waals surface area contributed by atoms with Gasteiger partial charge in [0.05, 0.1) is 6.04 Å². The number of carbonyl (C=O) groups excluding carboxylic acids is 3. The van der Waals surface area contributed by atoms with E-state index in [9.17, 15) is 24.3 Å². The first-order chi connectivity index (χ1) is 14.6. The van der Waals surface area contributed by atoms with Crippen LogP contribution in [-0.4, -0.2) is 75.9 Å². The molecule has 4 N–H and O–H groups in total. The van der Waals surface area contributed by atoms with Gasteiger partial charge in [-0.05, 0) is 43.9 Å². The summed E-state index contributed by atoms with van der Waals surface area (Å²) in [6.07, 6.45) is 3.51. The van der Waals surface area contributed by atoms with Crippen molar-refractivity contribution in [3.05, 3.63) is 0 Å². The molecule has 0 aromatic rings. The molecule has 2 fully saturated rings. The highest BCUT2D eigenvalue weighted by molar-refractivity contribution is 5.94. The molecule has 2 aliphatic heterocycles. The number of amides is 3. The van der Waals surface area contributed by atoms with Gasteiger partial charge in [-0.1, -0.05) is 34.1 Å². The fourth-order valence-corrected chi connectivity index (χ4v) is 4.43. The number of carbonyl (C=O) groups is 4. The maximum Gasteiger partial charge on any atom is 0.326 e. The standard InChI is InChI=1S/C22H38N4O5/c1-5-14(4)18(23)21(29)26-11-7-9-17(26)20(28)25-10-6-8-16(25)19(27)24-15(22(30)31)12-13(2)3/h13-18H,5-12,23H2,1-4H3,(H,24,27)(H,30,31)/t14-,15-,16-,17-,18-/m0/s1. The molecule has 0 bridgehead atoms. The number of aliphatic carboxylic acids is 1. The molecule has 9 heteroatoms. The summed E-state index contributed by atoms with van der Waals surface area (Å²) < 4.78 is 0. The summed E-state index contributed by atoms with van der Waals surface area (Å²) in [7, 11) is 0. The van der Waals surface area contributed by atoms with Crippen LogP contribution < -0.4 is 11.1 Å². The third-order valence-corrected chi connectivity index (χ3v) is 6.52. The molecule has 0 spiro atoms. The molecule has 0 saturated carbocycles. The fourth-order valence-electron chi connectivity index (χ4n) is 4.43. The summed E-state index contributed by atoms with van der Waals surface area (Å²) in [4.78, 5) is 53.7. The molecule has 2 aliphatic rings. The van der Waals surface area contributed by atoms with Gasteiger partial charge in [-0.25, -0.2) is 4.79 Å². The van der Waals surface area contributed by atoms with Crippen LogP contribution in [0.2, 0.25) is 0 Å². The van der Waals surface area contributed by atoms with Crippen LogP contribution in [-0.2, 0) is 19.2 Å². The van der Waals surface area contributed by atoms with Gasteiger partial charge in [-0.15, -0.1) is 0 Å². The number of hydrogen-bond donors (Lipinski definition) is 3. The lowest BCUT2D eigenvalue weighted by atomic mass is 9.98. The van der Waals surface area contributed by atoms with E-state index in [2.05, 4.69) is 5.32 Å². The Morgan fingerprint density at radius 3 is 2.16 bits per heavy atom. The SMILES string of the molecule is CC[C@H](C)[C@H](N)C(=O)N1CCC[C@H]1C(=O)N1CCC[C@H]1C(=O)N[C@@H](CC(C)C)C(=O)O. The summed E-state index contributed by atoms with van der Waals surface area (Å²) in [5, 5.41) is 12.0. The molecule has 2 saturated heterocycles. The van der Waals surface area contributed by atoms with Gasteiger partial charge in [0.1, 0.15) is 18.1 Å². The van der Waals surface area contributed by atoms with Crippen LogP contribution in [0.25, 0.3) is 0 Å². The van der Waals surface area contributed by atoms with Gasteiger partial charge >= 0.3 is 5.97 Å². The van der Waals surface area contributed by atoms with Crippen molar-refractivity contribution < 1.29 is 24.3 Å². The second-order valence-corrected chi connectivity index (χ2v) is 9.32. The van der Waals surface area contributed by atoms with Gasteiger partial charge in [0.15, 0.2) is 0 Å². The van der Waals surface area contributed by atoms with Crippen molar-refractivity contribution in [3.63, 3.8) is 0 Å². The molecular formula is C22H38N4O5. The fraction of sp³-hybridized carbons (Fsp3) is 0.818. The van der Waals surface area contributed by atoms with Gasteiger partial charge in [-0.3, -0.25) is 14.4 Å². The Labute approximate surface area is 184 Å². The highest BCUT2D eigenvalue weighted by atomic mass is 16.4. The highest BCUT2D eigenvalue weighted by Gasteiger charge is 2.43. The normalized spacial score (nSPS) is 24.2. The molecule has 0 aliphatic carbocycles. The Bertz CT molecular complexity index is 683. The molecule has 0 aromatic heterocycles. The molecule has 2 heterocycles. The van der Waals surface area contributed by atoms with Crippen molar-refractivity contribution in [2.24, 2.45) is 17.6 Å². The van der Waals surface area contributed by atoms with Crippen molar-refractivity contribution in [3.8, 4) is 0 Å². The number of nitrogens with one attached hydrogen (secondary N) is 1. The maximum atomic E-state index is 13.3. The van der Waals surface area contributed by atoms with Crippen LogP contribution in [0.4, 0.5) is 0 Å². The van der Waals surface area contributed by atoms with E-state index in [-0.39, 0.29) is 23.7 Å². The van der Waals surface area contributed by atoms with E-state index in [0.29, 0.717) is 38.8 Å². The Balaban J connectivity index is 2.10. The zero-order valence-corrected chi connectivity index (χ0v) is 19.2. The Morgan fingerprint density at radius 2 is 1.61 bits per heavy atom. The van der Waals surface area contributed by atoms with Crippen molar-refractivity contribution in [1.29, 1.82) is 0 Å². The molecule has 3 amide bonds. The van der Waals surface area contributed by atoms with Gasteiger partial charge in [0.25, 0.3) is 0 Å². The lowest BCUT2D eigenvalue weighted by molar-refractivity contribution is -0.148. The number of carboxylic acids is 1. The van der Waals surface area contributed by atoms with Crippen LogP contribution in [0.3, 0.4) is 0 Å². The number of carboxylic acid groups (broad SMARTS) is 1. The topological polar surface area (TPSA) is 133 Å². The molecule has 9 nitrogen and oxygen atoms in total. The van der Waals surface area contributed by atoms with Gasteiger partial charge in [0.2, 0.25) is 17.7 Å². The van der Waals surface area contributed by atoms with Crippen LogP contribution in [0, 0.1) is 11.8 Å². The van der Waals surface area contributed by atoms with E-state index in [1.54, 1.807) is 4.90 Å². The molecular weight excluding hydrogens is 400 g/mol. The zero-order valence-electron chi connectivity index (χ0n) is 19.2. The average molecular weight is 439 g/mol. The van der Waals surface area contributed by atoms with Crippen molar-refractivity contribution in [2.75, 3.05) is 13.1 Å². The summed E-state index contributed by atoms with van der Waals surface area (Å²) in [5.41, 5.74) is 6.13. The van der Waals surface area contributed by atoms with E-state index in [1.807, 2.05) is 27.7 Å². The summed E-state index contributed by atoms with van der Waals surface area (Å²) in [6.45, 7) is 8.59. The van der Waals surface area contributed by atoms with Crippen LogP contribution in [0.5, 0.6) is 0 Å². The largest absolute Gasteiger partial charge is 0.480 e. The number of rotatable bonds is 9. The lowest BCUT2D eigenvalue weighted by Gasteiger charge is -2.33. The molecule has 0 radical (unpaired) electrons. The number of likely N-dealkylation sites (tertiary alicyclic amines) is 2. The molecule has 0 unspecified atom stereocenters. The third-order valence-electron chi connectivity index (χ3n) is 6.52. The Morgan fingerprint density at radius 1 is 1.03 bits per heavy atom. The predicted octanol–water partition coefficient (Wildman–Crippen LogP) is 0.957. The average Bonchev–Trinajstić information content (AvgIpc) is 3.40. The van der Waals surface area contributed by atoms with E-state index in [1.165, 1.54) is 4.90 Å². The summed E-state index contributed by atoms with van der Waals surface area (Å²) >= 11 is 0. The maximum absolute atomic E-state index is 13.3. The Kier molecular flexibility index (Phi) is 8.85. The third kappa shape index (κ3) is 5.96. The smallest absolute Gasteiger partial charge is 0.326 e. The first kappa shape index (κ1) is 25.1. The van der Waals surface area contributed by atoms with Crippen LogP contribution in [0.15, 0.2) is 0 Å². The first-order valence-electron chi connectivity index (χ1n) is 11.5. The second-order valence-electron chi connectivity index (χ2n) is 9.32. The van der Waals surface area contributed by atoms with E-state index in [4.69, 9.17) is 5.73 Å². The number of hydrogen-bond acceptors (Lipinski definition) is 5. The lowest BCUT2D eigenvalue weighted by Crippen LogP contribution is -2.57. The van der Waals surface area contributed by atoms with Gasteiger partial charge in [0, 0.05) is 13.1 Å². The molecule has 2 rings (SSSR count).